The Morgan fingerprint density at radius 3 is 3.00 bits per heavy atom. The number of nitrogens with two attached hydrogens (primary N) is 1. The van der Waals surface area contributed by atoms with Crippen molar-refractivity contribution in [2.75, 3.05) is 18.2 Å². The van der Waals surface area contributed by atoms with E-state index in [2.05, 4.69) is 25.3 Å². The first kappa shape index (κ1) is 12.2. The van der Waals surface area contributed by atoms with Crippen molar-refractivity contribution >= 4 is 28.6 Å². The van der Waals surface area contributed by atoms with Gasteiger partial charge in [-0.25, -0.2) is 9.37 Å². The van der Waals surface area contributed by atoms with E-state index in [1.54, 1.807) is 0 Å². The number of nitrogen functional groups attached to an aromatic ring is 1. The topological polar surface area (TPSA) is 102 Å². The Morgan fingerprint density at radius 1 is 1.35 bits per heavy atom. The van der Waals surface area contributed by atoms with E-state index in [-0.39, 0.29) is 11.6 Å². The maximum atomic E-state index is 13.8. The fraction of sp³-hybridized carbons (Fsp3) is 0.0833. The molecule has 3 rings (SSSR count). The molecular weight excluding hydrogens is 263 g/mol. The van der Waals surface area contributed by atoms with Crippen LogP contribution in [0.1, 0.15) is 0 Å². The number of methoxy groups -OCH3 is 1. The number of rotatable bonds is 3. The SMILES string of the molecule is COc1ccc(F)c(Nc2nc(N)nc3nc[nH]c23)c1. The molecule has 0 spiro atoms. The molecule has 0 saturated heterocycles. The molecule has 0 aliphatic rings. The molecule has 1 aromatic carbocycles. The highest BCUT2D eigenvalue weighted by Gasteiger charge is 2.11. The molecule has 7 nitrogen and oxygen atoms in total. The van der Waals surface area contributed by atoms with Gasteiger partial charge in [0.15, 0.2) is 11.5 Å². The maximum Gasteiger partial charge on any atom is 0.224 e. The van der Waals surface area contributed by atoms with Gasteiger partial charge < -0.3 is 20.8 Å². The first-order chi connectivity index (χ1) is 9.67. The van der Waals surface area contributed by atoms with Gasteiger partial charge in [-0.2, -0.15) is 9.97 Å². The summed E-state index contributed by atoms with van der Waals surface area (Å²) in [4.78, 5) is 14.9. The second-order valence-corrected chi connectivity index (χ2v) is 4.00. The summed E-state index contributed by atoms with van der Waals surface area (Å²) in [5, 5.41) is 2.86. The molecule has 3 aromatic rings. The number of nitrogens with one attached hydrogen (secondary N) is 2. The predicted octanol–water partition coefficient (Wildman–Crippen LogP) is 1.83. The Labute approximate surface area is 113 Å². The van der Waals surface area contributed by atoms with Gasteiger partial charge >= 0.3 is 0 Å². The van der Waals surface area contributed by atoms with Crippen LogP contribution in [0.25, 0.3) is 11.2 Å². The van der Waals surface area contributed by atoms with E-state index in [1.807, 2.05) is 0 Å². The highest BCUT2D eigenvalue weighted by molar-refractivity contribution is 5.86. The summed E-state index contributed by atoms with van der Waals surface area (Å²) in [6.45, 7) is 0. The summed E-state index contributed by atoms with van der Waals surface area (Å²) in [5.74, 6) is 0.486. The maximum absolute atomic E-state index is 13.8. The molecule has 0 amide bonds. The van der Waals surface area contributed by atoms with E-state index in [0.29, 0.717) is 22.7 Å². The van der Waals surface area contributed by atoms with E-state index >= 15 is 0 Å². The Hall–Kier alpha value is -2.90. The summed E-state index contributed by atoms with van der Waals surface area (Å²) >= 11 is 0. The van der Waals surface area contributed by atoms with E-state index in [0.717, 1.165) is 0 Å². The fourth-order valence-electron chi connectivity index (χ4n) is 1.80. The number of aromatic nitrogens is 4. The third-order valence-corrected chi connectivity index (χ3v) is 2.73. The number of ether oxygens (including phenoxy) is 1. The smallest absolute Gasteiger partial charge is 0.224 e. The molecular formula is C12H11FN6O. The molecule has 0 fully saturated rings. The van der Waals surface area contributed by atoms with Crippen molar-refractivity contribution in [2.45, 2.75) is 0 Å². The lowest BCUT2D eigenvalue weighted by Gasteiger charge is -2.09. The number of H-pyrrole nitrogens is 1. The van der Waals surface area contributed by atoms with E-state index in [4.69, 9.17) is 10.5 Å². The Kier molecular flexibility index (Phi) is 2.82. The van der Waals surface area contributed by atoms with Crippen molar-refractivity contribution in [3.8, 4) is 5.75 Å². The van der Waals surface area contributed by atoms with Gasteiger partial charge in [0.25, 0.3) is 0 Å². The third kappa shape index (κ3) is 2.07. The second kappa shape index (κ2) is 4.65. The number of aromatic amines is 1. The highest BCUT2D eigenvalue weighted by Crippen LogP contribution is 2.26. The van der Waals surface area contributed by atoms with Gasteiger partial charge in [0, 0.05) is 6.07 Å². The molecule has 8 heteroatoms. The molecule has 0 atom stereocenters. The van der Waals surface area contributed by atoms with E-state index < -0.39 is 5.82 Å². The zero-order valence-corrected chi connectivity index (χ0v) is 10.5. The Bertz CT molecular complexity index is 772. The average Bonchev–Trinajstić information content (AvgIpc) is 2.89. The number of halogens is 1. The summed E-state index contributed by atoms with van der Waals surface area (Å²) in [5.41, 5.74) is 6.77. The van der Waals surface area contributed by atoms with Gasteiger partial charge in [0.2, 0.25) is 5.95 Å². The number of fused-ring (bicyclic) bond motifs is 1. The van der Waals surface area contributed by atoms with Gasteiger partial charge in [-0.1, -0.05) is 0 Å². The largest absolute Gasteiger partial charge is 0.497 e. The molecule has 4 N–H and O–H groups in total. The number of anilines is 3. The highest BCUT2D eigenvalue weighted by atomic mass is 19.1. The van der Waals surface area contributed by atoms with Crippen molar-refractivity contribution < 1.29 is 9.13 Å². The van der Waals surface area contributed by atoms with E-state index in [9.17, 15) is 4.39 Å². The minimum atomic E-state index is -0.435. The van der Waals surface area contributed by atoms with Crippen LogP contribution in [0, 0.1) is 5.82 Å². The third-order valence-electron chi connectivity index (χ3n) is 2.73. The zero-order valence-electron chi connectivity index (χ0n) is 10.5. The van der Waals surface area contributed by atoms with Gasteiger partial charge in [-0.3, -0.25) is 0 Å². The van der Waals surface area contributed by atoms with Crippen LogP contribution in [0.3, 0.4) is 0 Å². The molecule has 102 valence electrons. The van der Waals surface area contributed by atoms with Gasteiger partial charge in [0.05, 0.1) is 19.1 Å². The van der Waals surface area contributed by atoms with Crippen LogP contribution in [0.15, 0.2) is 24.5 Å². The first-order valence-electron chi connectivity index (χ1n) is 5.74. The summed E-state index contributed by atoms with van der Waals surface area (Å²) in [7, 11) is 1.51. The molecule has 0 radical (unpaired) electrons. The van der Waals surface area contributed by atoms with Gasteiger partial charge in [0.1, 0.15) is 17.1 Å². The molecule has 0 unspecified atom stereocenters. The van der Waals surface area contributed by atoms with E-state index in [1.165, 1.54) is 31.6 Å². The fourth-order valence-corrected chi connectivity index (χ4v) is 1.80. The summed E-state index contributed by atoms with van der Waals surface area (Å²) in [6.07, 6.45) is 1.46. The minimum Gasteiger partial charge on any atom is -0.497 e. The number of hydrogen-bond donors (Lipinski definition) is 3. The monoisotopic (exact) mass is 274 g/mol. The number of benzene rings is 1. The van der Waals surface area contributed by atoms with Crippen molar-refractivity contribution in [1.29, 1.82) is 0 Å². The minimum absolute atomic E-state index is 0.0513. The van der Waals surface area contributed by atoms with Crippen LogP contribution in [-0.2, 0) is 0 Å². The second-order valence-electron chi connectivity index (χ2n) is 4.00. The van der Waals surface area contributed by atoms with Crippen LogP contribution >= 0.6 is 0 Å². The predicted molar refractivity (Wildman–Crippen MR) is 72.3 cm³/mol. The van der Waals surface area contributed by atoms with Crippen molar-refractivity contribution in [3.05, 3.63) is 30.3 Å². The Morgan fingerprint density at radius 2 is 2.20 bits per heavy atom. The van der Waals surface area contributed by atoms with Crippen molar-refractivity contribution in [2.24, 2.45) is 0 Å². The summed E-state index contributed by atoms with van der Waals surface area (Å²) < 4.78 is 18.9. The molecule has 2 aromatic heterocycles. The normalized spacial score (nSPS) is 10.7. The van der Waals surface area contributed by atoms with Gasteiger partial charge in [-0.05, 0) is 12.1 Å². The van der Waals surface area contributed by atoms with Crippen LogP contribution < -0.4 is 15.8 Å². The lowest BCUT2D eigenvalue weighted by molar-refractivity contribution is 0.414. The molecule has 2 heterocycles. The summed E-state index contributed by atoms with van der Waals surface area (Å²) in [6, 6.07) is 4.35. The standard InChI is InChI=1S/C12H11FN6O/c1-20-6-2-3-7(13)8(4-6)17-11-9-10(16-5-15-9)18-12(14)19-11/h2-5H,1H3,(H4,14,15,16,17,18,19). The molecule has 0 bridgehead atoms. The van der Waals surface area contributed by atoms with Crippen LogP contribution in [0.2, 0.25) is 0 Å². The number of hydrogen-bond acceptors (Lipinski definition) is 6. The van der Waals surface area contributed by atoms with Gasteiger partial charge in [-0.15, -0.1) is 0 Å². The van der Waals surface area contributed by atoms with Crippen LogP contribution in [0.4, 0.5) is 21.8 Å². The number of imidazole rings is 1. The quantitative estimate of drug-likeness (QED) is 0.673. The lowest BCUT2D eigenvalue weighted by atomic mass is 10.3. The molecule has 0 aliphatic heterocycles. The van der Waals surface area contributed by atoms with Crippen LogP contribution in [0.5, 0.6) is 5.75 Å². The number of nitrogens with zero attached hydrogens (tertiary/aromatic N) is 3. The zero-order chi connectivity index (χ0) is 14.1. The van der Waals surface area contributed by atoms with Crippen LogP contribution in [-0.4, -0.2) is 27.0 Å². The van der Waals surface area contributed by atoms with Crippen molar-refractivity contribution in [3.63, 3.8) is 0 Å². The lowest BCUT2D eigenvalue weighted by Crippen LogP contribution is -2.02. The Balaban J connectivity index is 2.07. The average molecular weight is 274 g/mol. The first-order valence-corrected chi connectivity index (χ1v) is 5.74. The molecule has 0 aliphatic carbocycles. The molecule has 20 heavy (non-hydrogen) atoms. The molecule has 0 saturated carbocycles. The van der Waals surface area contributed by atoms with Crippen molar-refractivity contribution in [1.82, 2.24) is 19.9 Å².